The Morgan fingerprint density at radius 1 is 1.32 bits per heavy atom. The third-order valence-electron chi connectivity index (χ3n) is 3.07. The van der Waals surface area contributed by atoms with E-state index in [4.69, 9.17) is 15.0 Å². The van der Waals surface area contributed by atoms with Gasteiger partial charge in [0.2, 0.25) is 0 Å². The van der Waals surface area contributed by atoms with E-state index in [0.717, 1.165) is 34.8 Å². The Kier molecular flexibility index (Phi) is 4.22. The second-order valence-electron chi connectivity index (χ2n) is 4.88. The van der Waals surface area contributed by atoms with Crippen molar-refractivity contribution in [2.24, 2.45) is 5.73 Å². The summed E-state index contributed by atoms with van der Waals surface area (Å²) in [5, 5.41) is 3.92. The van der Waals surface area contributed by atoms with Crippen molar-refractivity contribution in [3.05, 3.63) is 46.8 Å². The lowest BCUT2D eigenvalue weighted by Gasteiger charge is -2.12. The summed E-state index contributed by atoms with van der Waals surface area (Å²) in [6.07, 6.45) is 0.803. The van der Waals surface area contributed by atoms with Gasteiger partial charge in [0.1, 0.15) is 18.1 Å². The Morgan fingerprint density at radius 2 is 2.05 bits per heavy atom. The molecule has 0 fully saturated rings. The van der Waals surface area contributed by atoms with Gasteiger partial charge < -0.3 is 15.0 Å². The van der Waals surface area contributed by atoms with E-state index in [1.54, 1.807) is 0 Å². The van der Waals surface area contributed by atoms with Crippen molar-refractivity contribution in [2.75, 3.05) is 0 Å². The minimum absolute atomic E-state index is 0.115. The monoisotopic (exact) mass is 260 g/mol. The average molecular weight is 260 g/mol. The second-order valence-corrected chi connectivity index (χ2v) is 4.88. The molecule has 0 saturated carbocycles. The summed E-state index contributed by atoms with van der Waals surface area (Å²) in [4.78, 5) is 0. The van der Waals surface area contributed by atoms with Crippen LogP contribution in [0.4, 0.5) is 0 Å². The van der Waals surface area contributed by atoms with Crippen molar-refractivity contribution in [3.63, 3.8) is 0 Å². The maximum Gasteiger partial charge on any atom is 0.140 e. The first-order valence-corrected chi connectivity index (χ1v) is 6.46. The van der Waals surface area contributed by atoms with Gasteiger partial charge in [0.15, 0.2) is 0 Å². The molecule has 19 heavy (non-hydrogen) atoms. The van der Waals surface area contributed by atoms with E-state index >= 15 is 0 Å². The zero-order chi connectivity index (χ0) is 13.8. The van der Waals surface area contributed by atoms with Gasteiger partial charge in [-0.2, -0.15) is 0 Å². The van der Waals surface area contributed by atoms with E-state index in [-0.39, 0.29) is 6.04 Å². The van der Waals surface area contributed by atoms with Crippen LogP contribution in [0.1, 0.15) is 29.5 Å². The van der Waals surface area contributed by atoms with Gasteiger partial charge >= 0.3 is 0 Å². The predicted octanol–water partition coefficient (Wildman–Crippen LogP) is 2.76. The van der Waals surface area contributed by atoms with Crippen LogP contribution >= 0.6 is 0 Å². The molecule has 0 amide bonds. The lowest BCUT2D eigenvalue weighted by molar-refractivity contribution is 0.298. The highest BCUT2D eigenvalue weighted by molar-refractivity contribution is 5.34. The third kappa shape index (κ3) is 3.35. The molecule has 2 N–H and O–H groups in total. The number of para-hydroxylation sites is 1. The van der Waals surface area contributed by atoms with Crippen LogP contribution < -0.4 is 10.5 Å². The maximum atomic E-state index is 5.89. The van der Waals surface area contributed by atoms with Crippen molar-refractivity contribution in [2.45, 2.75) is 39.8 Å². The van der Waals surface area contributed by atoms with Gasteiger partial charge in [-0.05, 0) is 38.8 Å². The molecule has 4 heteroatoms. The molecular weight excluding hydrogens is 240 g/mol. The van der Waals surface area contributed by atoms with Crippen molar-refractivity contribution >= 4 is 0 Å². The van der Waals surface area contributed by atoms with Crippen LogP contribution in [0.5, 0.6) is 5.75 Å². The average Bonchev–Trinajstić information content (AvgIpc) is 2.68. The lowest BCUT2D eigenvalue weighted by Crippen LogP contribution is -2.18. The molecule has 0 aliphatic heterocycles. The molecule has 0 bridgehead atoms. The van der Waals surface area contributed by atoms with Crippen LogP contribution in [-0.4, -0.2) is 11.2 Å². The summed E-state index contributed by atoms with van der Waals surface area (Å²) < 4.78 is 11.0. The Labute approximate surface area is 113 Å². The van der Waals surface area contributed by atoms with Crippen LogP contribution in [0, 0.1) is 13.8 Å². The molecule has 0 aliphatic rings. The topological polar surface area (TPSA) is 61.3 Å². The zero-order valence-corrected chi connectivity index (χ0v) is 11.6. The fraction of sp³-hybridized carbons (Fsp3) is 0.400. The molecule has 1 aromatic heterocycles. The number of hydrogen-bond donors (Lipinski definition) is 1. The van der Waals surface area contributed by atoms with E-state index in [2.05, 4.69) is 5.16 Å². The van der Waals surface area contributed by atoms with Gasteiger partial charge in [-0.25, -0.2) is 0 Å². The molecule has 0 aliphatic carbocycles. The van der Waals surface area contributed by atoms with Crippen LogP contribution in [0.15, 0.2) is 28.8 Å². The molecule has 0 spiro atoms. The highest BCUT2D eigenvalue weighted by Crippen LogP contribution is 2.22. The minimum Gasteiger partial charge on any atom is -0.488 e. The first kappa shape index (κ1) is 13.6. The number of nitrogens with zero attached hydrogens (tertiary/aromatic N) is 1. The van der Waals surface area contributed by atoms with E-state index < -0.39 is 0 Å². The Bertz CT molecular complexity index is 527. The standard InChI is InChI=1S/C15H20N2O2/c1-10(16)8-13-6-4-5-7-15(13)18-9-14-11(2)17-19-12(14)3/h4-7,10H,8-9,16H2,1-3H3. The van der Waals surface area contributed by atoms with Crippen molar-refractivity contribution in [1.29, 1.82) is 0 Å². The summed E-state index contributed by atoms with van der Waals surface area (Å²) in [6, 6.07) is 8.10. The minimum atomic E-state index is 0.115. The fourth-order valence-electron chi connectivity index (χ4n) is 2.02. The van der Waals surface area contributed by atoms with Gasteiger partial charge in [-0.1, -0.05) is 23.4 Å². The van der Waals surface area contributed by atoms with E-state index in [1.165, 1.54) is 0 Å². The molecule has 1 heterocycles. The lowest BCUT2D eigenvalue weighted by atomic mass is 10.1. The Morgan fingerprint density at radius 3 is 2.68 bits per heavy atom. The van der Waals surface area contributed by atoms with Gasteiger partial charge in [0.05, 0.1) is 11.3 Å². The van der Waals surface area contributed by atoms with E-state index in [1.807, 2.05) is 45.0 Å². The smallest absolute Gasteiger partial charge is 0.140 e. The van der Waals surface area contributed by atoms with E-state index in [0.29, 0.717) is 6.61 Å². The number of ether oxygens (including phenoxy) is 1. The summed E-state index contributed by atoms with van der Waals surface area (Å²) in [7, 11) is 0. The van der Waals surface area contributed by atoms with Gasteiger partial charge in [0.25, 0.3) is 0 Å². The number of aromatic nitrogens is 1. The normalized spacial score (nSPS) is 12.4. The Balaban J connectivity index is 2.11. The van der Waals surface area contributed by atoms with E-state index in [9.17, 15) is 0 Å². The summed E-state index contributed by atoms with van der Waals surface area (Å²) in [6.45, 7) is 6.28. The summed E-state index contributed by atoms with van der Waals surface area (Å²) >= 11 is 0. The molecule has 0 saturated heterocycles. The number of nitrogens with two attached hydrogens (primary N) is 1. The first-order chi connectivity index (χ1) is 9.08. The SMILES string of the molecule is Cc1noc(C)c1COc1ccccc1CC(C)N. The van der Waals surface area contributed by atoms with Crippen LogP contribution in [-0.2, 0) is 13.0 Å². The molecular formula is C15H20N2O2. The molecule has 4 nitrogen and oxygen atoms in total. The number of aryl methyl sites for hydroxylation is 2. The molecule has 2 aromatic rings. The summed E-state index contributed by atoms with van der Waals surface area (Å²) in [5.41, 5.74) is 8.87. The molecule has 1 aromatic carbocycles. The third-order valence-corrected chi connectivity index (χ3v) is 3.07. The largest absolute Gasteiger partial charge is 0.488 e. The molecule has 1 atom stereocenters. The zero-order valence-electron chi connectivity index (χ0n) is 11.6. The molecule has 2 rings (SSSR count). The fourth-order valence-corrected chi connectivity index (χ4v) is 2.02. The van der Waals surface area contributed by atoms with Gasteiger partial charge in [-0.15, -0.1) is 0 Å². The van der Waals surface area contributed by atoms with Crippen molar-refractivity contribution < 1.29 is 9.26 Å². The summed E-state index contributed by atoms with van der Waals surface area (Å²) in [5.74, 6) is 1.68. The Hall–Kier alpha value is -1.81. The van der Waals surface area contributed by atoms with Crippen LogP contribution in [0.25, 0.3) is 0 Å². The first-order valence-electron chi connectivity index (χ1n) is 6.46. The maximum absolute atomic E-state index is 5.89. The quantitative estimate of drug-likeness (QED) is 0.898. The number of benzene rings is 1. The van der Waals surface area contributed by atoms with Gasteiger partial charge in [0, 0.05) is 6.04 Å². The molecule has 102 valence electrons. The van der Waals surface area contributed by atoms with Crippen LogP contribution in [0.3, 0.4) is 0 Å². The highest BCUT2D eigenvalue weighted by atomic mass is 16.5. The second kappa shape index (κ2) is 5.89. The molecule has 0 radical (unpaired) electrons. The highest BCUT2D eigenvalue weighted by Gasteiger charge is 2.11. The number of rotatable bonds is 5. The van der Waals surface area contributed by atoms with Crippen molar-refractivity contribution in [3.8, 4) is 5.75 Å². The number of hydrogen-bond acceptors (Lipinski definition) is 4. The molecule has 1 unspecified atom stereocenters. The van der Waals surface area contributed by atoms with Crippen LogP contribution in [0.2, 0.25) is 0 Å². The van der Waals surface area contributed by atoms with Gasteiger partial charge in [-0.3, -0.25) is 0 Å². The van der Waals surface area contributed by atoms with Crippen molar-refractivity contribution in [1.82, 2.24) is 5.16 Å². The predicted molar refractivity (Wildman–Crippen MR) is 74.1 cm³/mol.